The zero-order valence-electron chi connectivity index (χ0n) is 10.7. The van der Waals surface area contributed by atoms with Gasteiger partial charge in [0.05, 0.1) is 12.7 Å². The first-order chi connectivity index (χ1) is 8.34. The lowest BCUT2D eigenvalue weighted by molar-refractivity contribution is -0.0868. The van der Waals surface area contributed by atoms with Crippen LogP contribution in [0, 0.1) is 13.8 Å². The number of carbonyl (C=O) groups is 1. The summed E-state index contributed by atoms with van der Waals surface area (Å²) in [7, 11) is 1.33. The predicted octanol–water partition coefficient (Wildman–Crippen LogP) is 3.60. The molecule has 1 aliphatic rings. The first-order valence-corrected chi connectivity index (χ1v) is 5.91. The van der Waals surface area contributed by atoms with Gasteiger partial charge in [-0.25, -0.2) is 13.6 Å². The number of halogens is 2. The molecule has 0 unspecified atom stereocenters. The van der Waals surface area contributed by atoms with Gasteiger partial charge in [0.25, 0.3) is 0 Å². The van der Waals surface area contributed by atoms with Gasteiger partial charge in [-0.15, -0.1) is 0 Å². The number of carbonyl (C=O) groups excluding carboxylic acids is 1. The Balaban J connectivity index is 2.30. The van der Waals surface area contributed by atoms with Crippen molar-refractivity contribution in [3.8, 4) is 0 Å². The maximum atomic E-state index is 12.9. The molecule has 0 N–H and O–H groups in total. The molecule has 4 heteroatoms. The van der Waals surface area contributed by atoms with Crippen LogP contribution in [0.2, 0.25) is 0 Å². The smallest absolute Gasteiger partial charge is 0.338 e. The molecule has 0 spiro atoms. The summed E-state index contributed by atoms with van der Waals surface area (Å²) in [5.74, 6) is -3.00. The van der Waals surface area contributed by atoms with Crippen LogP contribution in [0.5, 0.6) is 0 Å². The minimum Gasteiger partial charge on any atom is -0.465 e. The maximum absolute atomic E-state index is 12.9. The second-order valence-electron chi connectivity index (χ2n) is 4.98. The fourth-order valence-electron chi connectivity index (χ4n) is 2.49. The molecule has 98 valence electrons. The van der Waals surface area contributed by atoms with E-state index >= 15 is 0 Å². The lowest BCUT2D eigenvalue weighted by Gasteiger charge is -2.36. The normalized spacial score (nSPS) is 18.3. The Labute approximate surface area is 105 Å². The molecule has 0 saturated heterocycles. The Morgan fingerprint density at radius 2 is 1.89 bits per heavy atom. The third-order valence-corrected chi connectivity index (χ3v) is 3.55. The molecule has 2 nitrogen and oxygen atoms in total. The van der Waals surface area contributed by atoms with E-state index in [4.69, 9.17) is 0 Å². The van der Waals surface area contributed by atoms with Crippen molar-refractivity contribution in [1.82, 2.24) is 0 Å². The molecule has 1 aromatic rings. The highest BCUT2D eigenvalue weighted by atomic mass is 19.3. The van der Waals surface area contributed by atoms with Gasteiger partial charge in [0.15, 0.2) is 0 Å². The monoisotopic (exact) mass is 254 g/mol. The number of rotatable bonds is 2. The number of hydrogen-bond acceptors (Lipinski definition) is 2. The number of ether oxygens (including phenoxy) is 1. The van der Waals surface area contributed by atoms with Crippen molar-refractivity contribution < 1.29 is 18.3 Å². The summed E-state index contributed by atoms with van der Waals surface area (Å²) >= 11 is 0. The number of alkyl halides is 2. The molecule has 1 fully saturated rings. The Kier molecular flexibility index (Phi) is 3.13. The van der Waals surface area contributed by atoms with E-state index in [0.717, 1.165) is 16.7 Å². The number of aryl methyl sites for hydroxylation is 2. The summed E-state index contributed by atoms with van der Waals surface area (Å²) in [5.41, 5.74) is 3.08. The summed E-state index contributed by atoms with van der Waals surface area (Å²) in [5, 5.41) is 0. The lowest BCUT2D eigenvalue weighted by atomic mass is 9.74. The predicted molar refractivity (Wildman–Crippen MR) is 64.2 cm³/mol. The topological polar surface area (TPSA) is 26.3 Å². The molecule has 0 atom stereocenters. The van der Waals surface area contributed by atoms with E-state index in [1.165, 1.54) is 7.11 Å². The van der Waals surface area contributed by atoms with E-state index in [9.17, 15) is 13.6 Å². The van der Waals surface area contributed by atoms with Crippen molar-refractivity contribution in [3.63, 3.8) is 0 Å². The van der Waals surface area contributed by atoms with E-state index < -0.39 is 5.92 Å². The van der Waals surface area contributed by atoms with Gasteiger partial charge in [-0.2, -0.15) is 0 Å². The summed E-state index contributed by atoms with van der Waals surface area (Å²) in [4.78, 5) is 11.5. The molecule has 0 aliphatic heterocycles. The minimum absolute atomic E-state index is 0.0922. The minimum atomic E-state index is -2.52. The lowest BCUT2D eigenvalue weighted by Crippen LogP contribution is -2.34. The molecule has 0 aromatic heterocycles. The van der Waals surface area contributed by atoms with Crippen LogP contribution >= 0.6 is 0 Å². The van der Waals surface area contributed by atoms with Gasteiger partial charge >= 0.3 is 5.97 Å². The molecule has 0 bridgehead atoms. The largest absolute Gasteiger partial charge is 0.465 e. The van der Waals surface area contributed by atoms with Crippen LogP contribution in [-0.4, -0.2) is 19.0 Å². The van der Waals surface area contributed by atoms with E-state index in [2.05, 4.69) is 4.74 Å². The van der Waals surface area contributed by atoms with Gasteiger partial charge < -0.3 is 4.74 Å². The molecule has 18 heavy (non-hydrogen) atoms. The third kappa shape index (κ3) is 2.24. The van der Waals surface area contributed by atoms with Gasteiger partial charge in [0, 0.05) is 12.8 Å². The maximum Gasteiger partial charge on any atom is 0.338 e. The van der Waals surface area contributed by atoms with Gasteiger partial charge in [0.2, 0.25) is 5.92 Å². The molecule has 1 aromatic carbocycles. The van der Waals surface area contributed by atoms with E-state index in [1.54, 1.807) is 13.0 Å². The standard InChI is InChI=1S/C14H16F2O2/c1-8-5-12(13(17)18-3)9(2)4-11(8)10-6-14(15,16)7-10/h4-5,10H,6-7H2,1-3H3. The first kappa shape index (κ1) is 13.0. The van der Waals surface area contributed by atoms with E-state index in [1.807, 2.05) is 13.0 Å². The SMILES string of the molecule is COC(=O)c1cc(C)c(C2CC(F)(F)C2)cc1C. The second-order valence-corrected chi connectivity index (χ2v) is 4.98. The molecule has 0 radical (unpaired) electrons. The molecular weight excluding hydrogens is 238 g/mol. The third-order valence-electron chi connectivity index (χ3n) is 3.55. The fourth-order valence-corrected chi connectivity index (χ4v) is 2.49. The summed E-state index contributed by atoms with van der Waals surface area (Å²) in [6.07, 6.45) is -0.185. The summed E-state index contributed by atoms with van der Waals surface area (Å²) in [6.45, 7) is 3.64. The zero-order valence-corrected chi connectivity index (χ0v) is 10.7. The highest BCUT2D eigenvalue weighted by Gasteiger charge is 2.46. The Morgan fingerprint density at radius 3 is 2.39 bits per heavy atom. The average Bonchev–Trinajstić information content (AvgIpc) is 2.27. The van der Waals surface area contributed by atoms with Crippen molar-refractivity contribution in [1.29, 1.82) is 0 Å². The van der Waals surface area contributed by atoms with Crippen LogP contribution in [0.1, 0.15) is 45.8 Å². The number of methoxy groups -OCH3 is 1. The van der Waals surface area contributed by atoms with Crippen LogP contribution in [0.3, 0.4) is 0 Å². The van der Waals surface area contributed by atoms with Crippen LogP contribution in [0.15, 0.2) is 12.1 Å². The highest BCUT2D eigenvalue weighted by Crippen LogP contribution is 2.49. The van der Waals surface area contributed by atoms with Crippen LogP contribution in [0.4, 0.5) is 8.78 Å². The summed E-state index contributed by atoms with van der Waals surface area (Å²) < 4.78 is 30.5. The number of esters is 1. The molecule has 1 aliphatic carbocycles. The van der Waals surface area contributed by atoms with Crippen molar-refractivity contribution in [3.05, 3.63) is 34.4 Å². The fraction of sp³-hybridized carbons (Fsp3) is 0.500. The van der Waals surface area contributed by atoms with Crippen LogP contribution in [-0.2, 0) is 4.74 Å². The number of hydrogen-bond donors (Lipinski definition) is 0. The van der Waals surface area contributed by atoms with Gasteiger partial charge in [0.1, 0.15) is 0 Å². The van der Waals surface area contributed by atoms with Crippen molar-refractivity contribution >= 4 is 5.97 Å². The average molecular weight is 254 g/mol. The van der Waals surface area contributed by atoms with Gasteiger partial charge in [-0.05, 0) is 42.5 Å². The zero-order chi connectivity index (χ0) is 13.5. The van der Waals surface area contributed by atoms with Crippen molar-refractivity contribution in [2.75, 3.05) is 7.11 Å². The highest BCUT2D eigenvalue weighted by molar-refractivity contribution is 5.91. The molecule has 0 heterocycles. The van der Waals surface area contributed by atoms with E-state index in [-0.39, 0.29) is 24.7 Å². The van der Waals surface area contributed by atoms with Crippen molar-refractivity contribution in [2.45, 2.75) is 38.5 Å². The first-order valence-electron chi connectivity index (χ1n) is 5.91. The molecule has 0 amide bonds. The van der Waals surface area contributed by atoms with Gasteiger partial charge in [-0.3, -0.25) is 0 Å². The van der Waals surface area contributed by atoms with Gasteiger partial charge in [-0.1, -0.05) is 6.07 Å². The van der Waals surface area contributed by atoms with E-state index in [0.29, 0.717) is 5.56 Å². The number of benzene rings is 1. The molecule has 2 rings (SSSR count). The molecular formula is C14H16F2O2. The van der Waals surface area contributed by atoms with Crippen LogP contribution in [0.25, 0.3) is 0 Å². The molecule has 1 saturated carbocycles. The summed E-state index contributed by atoms with van der Waals surface area (Å²) in [6, 6.07) is 3.56. The quantitative estimate of drug-likeness (QED) is 0.754. The Hall–Kier alpha value is -1.45. The second kappa shape index (κ2) is 4.34. The Morgan fingerprint density at radius 1 is 1.28 bits per heavy atom. The Bertz CT molecular complexity index is 487. The van der Waals surface area contributed by atoms with Crippen molar-refractivity contribution in [2.24, 2.45) is 0 Å². The van der Waals surface area contributed by atoms with Crippen LogP contribution < -0.4 is 0 Å².